The van der Waals surface area contributed by atoms with Gasteiger partial charge in [0.25, 0.3) is 5.91 Å². The van der Waals surface area contributed by atoms with E-state index in [2.05, 4.69) is 15.6 Å². The van der Waals surface area contributed by atoms with Crippen LogP contribution in [0.15, 0.2) is 109 Å². The van der Waals surface area contributed by atoms with E-state index in [4.69, 9.17) is 9.47 Å². The lowest BCUT2D eigenvalue weighted by molar-refractivity contribution is -0.161. The van der Waals surface area contributed by atoms with Crippen LogP contribution in [0.25, 0.3) is 11.0 Å². The highest BCUT2D eigenvalue weighted by molar-refractivity contribution is 5.99. The first kappa shape index (κ1) is 33.5. The topological polar surface area (TPSA) is 156 Å². The number of amides is 3. The Morgan fingerprint density at radius 2 is 1.67 bits per heavy atom. The second kappa shape index (κ2) is 13.8. The Morgan fingerprint density at radius 3 is 2.46 bits per heavy atom. The van der Waals surface area contributed by atoms with Crippen molar-refractivity contribution in [2.24, 2.45) is 11.8 Å². The van der Waals surface area contributed by atoms with Gasteiger partial charge >= 0.3 is 5.97 Å². The summed E-state index contributed by atoms with van der Waals surface area (Å²) < 4.78 is 14.7. The van der Waals surface area contributed by atoms with Gasteiger partial charge in [-0.05, 0) is 29.7 Å². The number of para-hydroxylation sites is 1. The smallest absolute Gasteiger partial charge is 0.313 e. The number of aliphatic hydroxyl groups is 1. The predicted octanol–water partition coefficient (Wildman–Crippen LogP) is 2.85. The molecule has 2 saturated heterocycles. The van der Waals surface area contributed by atoms with Crippen LogP contribution in [0.3, 0.4) is 0 Å². The summed E-state index contributed by atoms with van der Waals surface area (Å²) in [4.78, 5) is 60.2. The number of aliphatic hydroxyl groups excluding tert-OH is 1. The summed E-state index contributed by atoms with van der Waals surface area (Å²) >= 11 is 0. The average molecular weight is 703 g/mol. The Labute approximate surface area is 299 Å². The molecule has 0 aliphatic carbocycles. The Kier molecular flexibility index (Phi) is 8.89. The van der Waals surface area contributed by atoms with Crippen molar-refractivity contribution < 1.29 is 33.8 Å². The van der Waals surface area contributed by atoms with Gasteiger partial charge < -0.3 is 29.7 Å². The number of nitrogens with one attached hydrogen (secondary N) is 1. The number of benzene rings is 3. The summed E-state index contributed by atoms with van der Waals surface area (Å²) in [5, 5.41) is 22.3. The molecule has 0 unspecified atom stereocenters. The Bertz CT molecular complexity index is 2050. The average Bonchev–Trinajstić information content (AvgIpc) is 3.76. The maximum atomic E-state index is 15.1. The van der Waals surface area contributed by atoms with Gasteiger partial charge in [-0.1, -0.05) is 102 Å². The van der Waals surface area contributed by atoms with Crippen LogP contribution < -0.4 is 5.32 Å². The summed E-state index contributed by atoms with van der Waals surface area (Å²) in [6.45, 7) is -0.237. The molecule has 3 amide bonds. The van der Waals surface area contributed by atoms with E-state index in [1.807, 2.05) is 60.7 Å². The van der Waals surface area contributed by atoms with Crippen molar-refractivity contribution in [3.05, 3.63) is 120 Å². The minimum Gasteiger partial charge on any atom is -0.455 e. The van der Waals surface area contributed by atoms with Crippen molar-refractivity contribution in [2.45, 2.75) is 49.4 Å². The third-order valence-electron chi connectivity index (χ3n) is 10.5. The molecule has 0 bridgehead atoms. The van der Waals surface area contributed by atoms with Crippen LogP contribution in [0, 0.1) is 11.8 Å². The van der Waals surface area contributed by atoms with E-state index in [1.54, 1.807) is 58.2 Å². The number of allylic oxidation sites excluding steroid dienone is 1. The van der Waals surface area contributed by atoms with E-state index in [-0.39, 0.29) is 32.1 Å². The van der Waals surface area contributed by atoms with Crippen LogP contribution >= 0.6 is 0 Å². The van der Waals surface area contributed by atoms with Gasteiger partial charge in [0.05, 0.1) is 36.7 Å². The minimum absolute atomic E-state index is 0.0344. The quantitative estimate of drug-likeness (QED) is 0.228. The van der Waals surface area contributed by atoms with E-state index in [9.17, 15) is 14.7 Å². The fourth-order valence-electron chi connectivity index (χ4n) is 8.07. The van der Waals surface area contributed by atoms with E-state index >= 15 is 9.59 Å². The molecule has 7 atom stereocenters. The van der Waals surface area contributed by atoms with Crippen LogP contribution in [0.1, 0.15) is 36.1 Å². The zero-order valence-electron chi connectivity index (χ0n) is 28.2. The predicted molar refractivity (Wildman–Crippen MR) is 187 cm³/mol. The van der Waals surface area contributed by atoms with Gasteiger partial charge in [0, 0.05) is 13.0 Å². The van der Waals surface area contributed by atoms with Crippen LogP contribution in [0.4, 0.5) is 0 Å². The molecule has 4 aliphatic rings. The molecular formula is C39H38N6O7. The molecule has 1 aromatic heterocycles. The fourth-order valence-corrected chi connectivity index (χ4v) is 8.07. The first-order valence-electron chi connectivity index (χ1n) is 17.5. The highest BCUT2D eigenvalue weighted by atomic mass is 16.6. The molecular weight excluding hydrogens is 664 g/mol. The molecule has 13 nitrogen and oxygen atoms in total. The standard InChI is InChI=1S/C39H38N6O7/c46-23-29(25-12-3-1-4-13-25)45-35-37(49)43(24-44-28-17-8-7-16-27(28)41-42-44)21-11-20-39(35)34(36(45)48)33-30(52-39)18-9-10-19-32(47)40-22-31(51-38(33)50)26-14-5-2-6-15-26/h1-9,11-18,20,29-31,33-35,46H,10,19,21-24H2,(H,40,47)/b18-9-/t29-,30-,31+,33+,34+,35-,39+/m1/s1. The summed E-state index contributed by atoms with van der Waals surface area (Å²) in [5.41, 5.74) is 1.11. The summed E-state index contributed by atoms with van der Waals surface area (Å²) in [6.07, 6.45) is 5.78. The number of fused-ring (bicyclic) bond motifs is 3. The molecule has 3 aromatic carbocycles. The van der Waals surface area contributed by atoms with Crippen LogP contribution in [-0.4, -0.2) is 91.0 Å². The zero-order chi connectivity index (χ0) is 35.8. The van der Waals surface area contributed by atoms with E-state index in [0.717, 1.165) is 5.52 Å². The van der Waals surface area contributed by atoms with Gasteiger partial charge in [-0.2, -0.15) is 0 Å². The van der Waals surface area contributed by atoms with Crippen LogP contribution in [-0.2, 0) is 35.3 Å². The number of rotatable bonds is 6. The number of carbonyl (C=O) groups excluding carboxylic acids is 4. The van der Waals surface area contributed by atoms with Gasteiger partial charge in [-0.15, -0.1) is 5.10 Å². The number of aromatic nitrogens is 3. The van der Waals surface area contributed by atoms with Crippen molar-refractivity contribution in [1.29, 1.82) is 0 Å². The highest BCUT2D eigenvalue weighted by Gasteiger charge is 2.72. The summed E-state index contributed by atoms with van der Waals surface area (Å²) in [7, 11) is 0. The van der Waals surface area contributed by atoms with Gasteiger partial charge in [-0.3, -0.25) is 19.2 Å². The van der Waals surface area contributed by atoms with Crippen molar-refractivity contribution in [3.8, 4) is 0 Å². The maximum absolute atomic E-state index is 15.1. The van der Waals surface area contributed by atoms with Crippen molar-refractivity contribution in [1.82, 2.24) is 30.1 Å². The number of hydrogen-bond donors (Lipinski definition) is 2. The molecule has 266 valence electrons. The van der Waals surface area contributed by atoms with E-state index in [1.165, 1.54) is 4.90 Å². The van der Waals surface area contributed by atoms with Crippen molar-refractivity contribution in [3.63, 3.8) is 0 Å². The van der Waals surface area contributed by atoms with Gasteiger partial charge in [-0.25, -0.2) is 4.68 Å². The second-order valence-corrected chi connectivity index (χ2v) is 13.5. The molecule has 0 saturated carbocycles. The number of hydrogen-bond acceptors (Lipinski definition) is 9. The monoisotopic (exact) mass is 702 g/mol. The lowest BCUT2D eigenvalue weighted by Crippen LogP contribution is -2.56. The molecule has 1 spiro atoms. The number of esters is 1. The first-order valence-corrected chi connectivity index (χ1v) is 17.5. The fraction of sp³-hybridized carbons (Fsp3) is 0.333. The third-order valence-corrected chi connectivity index (χ3v) is 10.5. The molecule has 5 heterocycles. The molecule has 0 radical (unpaired) electrons. The number of ether oxygens (including phenoxy) is 2. The largest absolute Gasteiger partial charge is 0.455 e. The lowest BCUT2D eigenvalue weighted by atomic mass is 9.78. The molecule has 8 rings (SSSR count). The van der Waals surface area contributed by atoms with Crippen molar-refractivity contribution >= 4 is 34.7 Å². The zero-order valence-corrected chi connectivity index (χ0v) is 28.2. The van der Waals surface area contributed by atoms with E-state index in [0.29, 0.717) is 23.1 Å². The molecule has 13 heteroatoms. The molecule has 4 aliphatic heterocycles. The molecule has 2 N–H and O–H groups in total. The van der Waals surface area contributed by atoms with Crippen LogP contribution in [0.2, 0.25) is 0 Å². The maximum Gasteiger partial charge on any atom is 0.313 e. The first-order chi connectivity index (χ1) is 25.4. The number of nitrogens with zero attached hydrogens (tertiary/aromatic N) is 5. The van der Waals surface area contributed by atoms with Gasteiger partial charge in [0.1, 0.15) is 35.9 Å². The second-order valence-electron chi connectivity index (χ2n) is 13.5. The van der Waals surface area contributed by atoms with Crippen molar-refractivity contribution in [2.75, 3.05) is 19.7 Å². The number of cyclic esters (lactones) is 1. The molecule has 4 aromatic rings. The Balaban J connectivity index is 1.23. The van der Waals surface area contributed by atoms with Gasteiger partial charge in [0.15, 0.2) is 0 Å². The van der Waals surface area contributed by atoms with Gasteiger partial charge in [0.2, 0.25) is 11.8 Å². The Hall–Kier alpha value is -5.66. The molecule has 52 heavy (non-hydrogen) atoms. The molecule has 2 fully saturated rings. The number of likely N-dealkylation sites (tertiary alicyclic amines) is 1. The number of carbonyl (C=O) groups is 4. The Morgan fingerprint density at radius 1 is 0.923 bits per heavy atom. The summed E-state index contributed by atoms with van der Waals surface area (Å²) in [6, 6.07) is 23.4. The van der Waals surface area contributed by atoms with E-state index < -0.39 is 66.1 Å². The SMILES string of the molecule is O=C1CC/C=C\[C@H]2O[C@]34C=CCN(Cn5nnc6ccccc65)C(=O)[C@H]3N([C@H](CO)c3ccccc3)C(=O)[C@@H]4[C@H]2C(=O)O[C@H](c2ccccc2)CN1. The lowest BCUT2D eigenvalue weighted by Gasteiger charge is -2.38. The highest BCUT2D eigenvalue weighted by Crippen LogP contribution is 2.55. The van der Waals surface area contributed by atoms with Crippen LogP contribution in [0.5, 0.6) is 0 Å². The third kappa shape index (κ3) is 5.75. The normalized spacial score (nSPS) is 28.9. The minimum atomic E-state index is -1.59. The summed E-state index contributed by atoms with van der Waals surface area (Å²) in [5.74, 6) is -4.13.